The van der Waals surface area contributed by atoms with Crippen LogP contribution in [-0.2, 0) is 65.6 Å². The number of benzene rings is 1. The molecule has 1 unspecified atom stereocenters. The van der Waals surface area contributed by atoms with Crippen LogP contribution in [0, 0.1) is 0 Å². The maximum Gasteiger partial charge on any atom is 0.305 e. The molecule has 0 radical (unpaired) electrons. The monoisotopic (exact) mass is 923 g/mol. The molecule has 25 heteroatoms. The number of H-pyrrole nitrogens is 1. The lowest BCUT2D eigenvalue weighted by Gasteiger charge is -2.25. The minimum Gasteiger partial charge on any atom is -0.481 e. The van der Waals surface area contributed by atoms with Gasteiger partial charge in [-0.1, -0.05) is 30.3 Å². The Hall–Kier alpha value is -7.44. The first-order valence-electron chi connectivity index (χ1n) is 21.4. The first kappa shape index (κ1) is 51.2. The van der Waals surface area contributed by atoms with Crippen molar-refractivity contribution < 1.29 is 57.8 Å². The predicted octanol–water partition coefficient (Wildman–Crippen LogP) is -5.46. The summed E-state index contributed by atoms with van der Waals surface area (Å²) in [5.41, 5.74) is 1.25. The van der Waals surface area contributed by atoms with Crippen molar-refractivity contribution in [1.82, 2.24) is 67.6 Å². The third-order valence-corrected chi connectivity index (χ3v) is 10.2. The quantitative estimate of drug-likeness (QED) is 0.129. The highest BCUT2D eigenvalue weighted by Crippen LogP contribution is 2.06. The van der Waals surface area contributed by atoms with Gasteiger partial charge in [0.2, 0.25) is 59.1 Å². The number of imidazole rings is 1. The normalized spacial score (nSPS) is 23.0. The second kappa shape index (κ2) is 27.0. The number of hydrogen-bond acceptors (Lipinski definition) is 13. The van der Waals surface area contributed by atoms with Crippen LogP contribution in [0.3, 0.4) is 0 Å². The number of carbonyl (C=O) groups is 11. The fourth-order valence-corrected chi connectivity index (χ4v) is 6.70. The molecule has 3 fully saturated rings. The standard InChI is InChI=1S/C41H57N13O12/c55-31-6-12-45-41(66)30(20-38(62)63)52-34(58)9-15-53-16-13-46-39(64)28(18-26-4-2-1-3-5-26)50-32(56)7-10-43-35(59)23-54(37(61)22-48-31)24-36(60)44-11-8-33(57)51-29(40(65)47-14-17-53)19-27-21-42-25-49-27/h1-5,21,25,28-30H,6-20,22-24H2,(H,42,49)(H,43,59)(H,44,60)(H,45,66)(H,46,64)(H,47,65)(H,48,55)(H,50,56)(H,51,57)(H,52,58)(H,62,63)/t28-,29-,30-/m0/s1. The van der Waals surface area contributed by atoms with E-state index in [-0.39, 0.29) is 90.9 Å². The van der Waals surface area contributed by atoms with Crippen LogP contribution in [0.5, 0.6) is 0 Å². The summed E-state index contributed by atoms with van der Waals surface area (Å²) < 4.78 is 0. The molecule has 0 aliphatic carbocycles. The molecule has 358 valence electrons. The van der Waals surface area contributed by atoms with Gasteiger partial charge in [-0.2, -0.15) is 0 Å². The Morgan fingerprint density at radius 2 is 1.09 bits per heavy atom. The van der Waals surface area contributed by atoms with Gasteiger partial charge in [0, 0.05) is 103 Å². The predicted molar refractivity (Wildman–Crippen MR) is 230 cm³/mol. The van der Waals surface area contributed by atoms with Crippen LogP contribution in [-0.4, -0.2) is 180 Å². The second-order valence-electron chi connectivity index (χ2n) is 15.4. The first-order chi connectivity index (χ1) is 31.6. The van der Waals surface area contributed by atoms with Crippen molar-refractivity contribution in [2.75, 3.05) is 72.0 Å². The topological polar surface area (TPSA) is 351 Å². The molecule has 1 aromatic heterocycles. The highest BCUT2D eigenvalue weighted by atomic mass is 16.4. The number of amides is 10. The van der Waals surface area contributed by atoms with Gasteiger partial charge in [0.05, 0.1) is 19.3 Å². The van der Waals surface area contributed by atoms with Crippen LogP contribution in [0.25, 0.3) is 0 Å². The Balaban J connectivity index is 1.66. The second-order valence-corrected chi connectivity index (χ2v) is 15.4. The Labute approximate surface area is 379 Å². The summed E-state index contributed by atoms with van der Waals surface area (Å²) in [6.45, 7) is -2.69. The van der Waals surface area contributed by atoms with Crippen LogP contribution < -0.4 is 47.9 Å². The van der Waals surface area contributed by atoms with Crippen molar-refractivity contribution in [1.29, 1.82) is 0 Å². The van der Waals surface area contributed by atoms with Crippen LogP contribution in [0.4, 0.5) is 0 Å². The zero-order chi connectivity index (χ0) is 47.8. The number of nitrogens with zero attached hydrogens (tertiary/aromatic N) is 3. The zero-order valence-corrected chi connectivity index (χ0v) is 36.3. The maximum absolute atomic E-state index is 13.7. The van der Waals surface area contributed by atoms with Crippen LogP contribution in [0.2, 0.25) is 0 Å². The summed E-state index contributed by atoms with van der Waals surface area (Å²) >= 11 is 0. The van der Waals surface area contributed by atoms with Gasteiger partial charge < -0.3 is 62.8 Å². The fraction of sp³-hybridized carbons (Fsp3) is 0.512. The number of nitrogens with one attached hydrogen (secondary N) is 10. The average Bonchev–Trinajstić information content (AvgIpc) is 3.79. The van der Waals surface area contributed by atoms with Gasteiger partial charge in [-0.25, -0.2) is 4.98 Å². The molecular weight excluding hydrogens is 867 g/mol. The molecule has 66 heavy (non-hydrogen) atoms. The summed E-state index contributed by atoms with van der Waals surface area (Å²) in [6.07, 6.45) is 0.959. The maximum atomic E-state index is 13.7. The minimum absolute atomic E-state index is 0.00129. The third kappa shape index (κ3) is 19.1. The summed E-state index contributed by atoms with van der Waals surface area (Å²) in [5, 5.41) is 32.6. The Morgan fingerprint density at radius 3 is 1.67 bits per heavy atom. The molecule has 5 rings (SSSR count). The van der Waals surface area contributed by atoms with Crippen molar-refractivity contribution in [2.45, 2.75) is 63.1 Å². The molecule has 11 N–H and O–H groups in total. The highest BCUT2D eigenvalue weighted by molar-refractivity contribution is 5.93. The van der Waals surface area contributed by atoms with E-state index in [1.165, 1.54) is 12.5 Å². The SMILES string of the molecule is O=C(O)C[C@@H]1NC(=O)CCN2CCNC(=O)[C@H](Cc3ccccc3)NC(=O)CCNC(=O)CN(CC(=O)NCCC(=O)N[C@@H](Cc3cnc[nH]3)C(=O)NCC2)C(=O)CNC(=O)CCNC1=O. The number of aromatic amines is 1. The number of rotatable bonds is 6. The number of fused-ring (bicyclic) bond motifs is 34. The molecule has 25 nitrogen and oxygen atoms in total. The first-order valence-corrected chi connectivity index (χ1v) is 21.4. The Morgan fingerprint density at radius 1 is 0.576 bits per heavy atom. The molecule has 0 saturated carbocycles. The van der Waals surface area contributed by atoms with E-state index < -0.39 is 109 Å². The summed E-state index contributed by atoms with van der Waals surface area (Å²) in [5.74, 6) is -8.53. The fourth-order valence-electron chi connectivity index (χ4n) is 6.70. The van der Waals surface area contributed by atoms with Gasteiger partial charge in [-0.05, 0) is 5.56 Å². The van der Waals surface area contributed by atoms with E-state index in [1.54, 1.807) is 35.2 Å². The number of aromatic nitrogens is 2. The molecule has 2 bridgehead atoms. The van der Waals surface area contributed by atoms with E-state index in [1.807, 2.05) is 0 Å². The van der Waals surface area contributed by atoms with E-state index in [9.17, 15) is 57.8 Å². The molecule has 2 aromatic rings. The lowest BCUT2D eigenvalue weighted by Crippen LogP contribution is -2.52. The van der Waals surface area contributed by atoms with Gasteiger partial charge in [0.25, 0.3) is 0 Å². The molecule has 10 amide bonds. The molecule has 3 aliphatic rings. The van der Waals surface area contributed by atoms with Gasteiger partial charge in [0.15, 0.2) is 0 Å². The summed E-state index contributed by atoms with van der Waals surface area (Å²) in [7, 11) is 0. The van der Waals surface area contributed by atoms with Crippen LogP contribution in [0.15, 0.2) is 42.9 Å². The van der Waals surface area contributed by atoms with E-state index >= 15 is 0 Å². The van der Waals surface area contributed by atoms with Crippen LogP contribution in [0.1, 0.15) is 43.4 Å². The molecule has 4 atom stereocenters. The van der Waals surface area contributed by atoms with Crippen molar-refractivity contribution in [3.63, 3.8) is 0 Å². The smallest absolute Gasteiger partial charge is 0.305 e. The number of carbonyl (C=O) groups excluding carboxylic acids is 10. The Bertz CT molecular complexity index is 2040. The van der Waals surface area contributed by atoms with Gasteiger partial charge in [0.1, 0.15) is 31.2 Å². The van der Waals surface area contributed by atoms with Crippen molar-refractivity contribution in [2.24, 2.45) is 0 Å². The average molecular weight is 924 g/mol. The van der Waals surface area contributed by atoms with Gasteiger partial charge in [-0.3, -0.25) is 57.6 Å². The number of hydrogen-bond donors (Lipinski definition) is 11. The molecule has 1 aromatic carbocycles. The highest BCUT2D eigenvalue weighted by Gasteiger charge is 2.27. The number of carboxylic acids is 1. The van der Waals surface area contributed by atoms with Crippen molar-refractivity contribution >= 4 is 65.0 Å². The van der Waals surface area contributed by atoms with E-state index in [0.29, 0.717) is 5.69 Å². The van der Waals surface area contributed by atoms with E-state index in [4.69, 9.17) is 0 Å². The molecule has 3 aliphatic heterocycles. The van der Waals surface area contributed by atoms with Gasteiger partial charge in [-0.15, -0.1) is 0 Å². The molecule has 0 spiro atoms. The van der Waals surface area contributed by atoms with E-state index in [2.05, 4.69) is 57.8 Å². The molecular formula is C41H57N13O12. The molecule has 4 heterocycles. The van der Waals surface area contributed by atoms with E-state index in [0.717, 1.165) is 10.5 Å². The van der Waals surface area contributed by atoms with Gasteiger partial charge >= 0.3 is 5.97 Å². The Kier molecular flexibility index (Phi) is 21.0. The lowest BCUT2D eigenvalue weighted by atomic mass is 10.0. The number of aliphatic carboxylic acids is 1. The summed E-state index contributed by atoms with van der Waals surface area (Å²) in [4.78, 5) is 153. The largest absolute Gasteiger partial charge is 0.481 e. The van der Waals surface area contributed by atoms with Crippen molar-refractivity contribution in [3.05, 3.63) is 54.1 Å². The minimum atomic E-state index is -1.54. The molecule has 3 saturated heterocycles. The van der Waals surface area contributed by atoms with Crippen molar-refractivity contribution in [3.8, 4) is 0 Å². The zero-order valence-electron chi connectivity index (χ0n) is 36.3. The van der Waals surface area contributed by atoms with Crippen LogP contribution >= 0.6 is 0 Å². The lowest BCUT2D eigenvalue weighted by molar-refractivity contribution is -0.141. The number of carboxylic acid groups (broad SMARTS) is 1. The summed E-state index contributed by atoms with van der Waals surface area (Å²) in [6, 6.07) is 5.14. The third-order valence-electron chi connectivity index (χ3n) is 10.2.